The van der Waals surface area contributed by atoms with Crippen molar-refractivity contribution in [3.8, 4) is 5.75 Å². The molecule has 0 bridgehead atoms. The Morgan fingerprint density at radius 2 is 2.09 bits per heavy atom. The van der Waals surface area contributed by atoms with E-state index in [1.54, 1.807) is 18.2 Å². The van der Waals surface area contributed by atoms with Crippen LogP contribution in [0.15, 0.2) is 24.3 Å². The Kier molecular flexibility index (Phi) is 2.22. The van der Waals surface area contributed by atoms with Crippen molar-refractivity contribution in [2.24, 2.45) is 0 Å². The van der Waals surface area contributed by atoms with Gasteiger partial charge in [-0.1, -0.05) is 12.1 Å². The molecule has 0 unspecified atom stereocenters. The van der Waals surface area contributed by atoms with Gasteiger partial charge in [-0.05, 0) is 6.07 Å². The lowest BCUT2D eigenvalue weighted by molar-refractivity contribution is -0.385. The van der Waals surface area contributed by atoms with Gasteiger partial charge in [-0.25, -0.2) is 0 Å². The Bertz CT molecular complexity index is 276. The van der Waals surface area contributed by atoms with Gasteiger partial charge in [-0.15, -0.1) is 0 Å². The van der Waals surface area contributed by atoms with Crippen molar-refractivity contribution in [1.29, 1.82) is 0 Å². The molecule has 0 radical (unpaired) electrons. The van der Waals surface area contributed by atoms with Crippen LogP contribution in [0.4, 0.5) is 5.69 Å². The van der Waals surface area contributed by atoms with E-state index in [0.29, 0.717) is 16.2 Å². The van der Waals surface area contributed by atoms with Gasteiger partial charge in [0.1, 0.15) is 0 Å². The number of nitro benzene ring substituents is 1. The lowest BCUT2D eigenvalue weighted by Gasteiger charge is -1.99. The van der Waals surface area contributed by atoms with E-state index in [2.05, 4.69) is 0 Å². The maximum absolute atomic E-state index is 10.3. The quantitative estimate of drug-likeness (QED) is 0.362. The maximum atomic E-state index is 10.3. The minimum absolute atomic E-state index is 0.0301. The lowest BCUT2D eigenvalue weighted by Crippen LogP contribution is -1.93. The van der Waals surface area contributed by atoms with E-state index >= 15 is 0 Å². The van der Waals surface area contributed by atoms with Crippen LogP contribution >= 0.6 is 0 Å². The Balaban J connectivity index is 3.12. The van der Waals surface area contributed by atoms with E-state index in [1.165, 1.54) is 6.07 Å². The summed E-state index contributed by atoms with van der Waals surface area (Å²) in [7, 11) is 0.467. The van der Waals surface area contributed by atoms with Gasteiger partial charge in [0.2, 0.25) is 10.5 Å². The second kappa shape index (κ2) is 3.15. The minimum Gasteiger partial charge on any atom is -0.549 e. The Morgan fingerprint density at radius 1 is 1.45 bits per heavy atom. The normalized spacial score (nSPS) is 9.45. The molecule has 0 saturated heterocycles. The van der Waals surface area contributed by atoms with Crippen molar-refractivity contribution in [3.63, 3.8) is 0 Å². The summed E-state index contributed by atoms with van der Waals surface area (Å²) in [5.74, 6) is 0.351. The van der Waals surface area contributed by atoms with E-state index in [-0.39, 0.29) is 5.69 Å². The topological polar surface area (TPSA) is 52.4 Å². The first-order valence-electron chi connectivity index (χ1n) is 3.03. The Hall–Kier alpha value is -1.36. The molecule has 0 amide bonds. The number of benzene rings is 1. The van der Waals surface area contributed by atoms with Crippen LogP contribution in [0.3, 0.4) is 0 Å². The van der Waals surface area contributed by atoms with Crippen molar-refractivity contribution in [2.75, 3.05) is 0 Å². The lowest BCUT2D eigenvalue weighted by atomic mass is 10.3. The number of nitrogens with zero attached hydrogens (tertiary/aromatic N) is 1. The highest BCUT2D eigenvalue weighted by atomic mass is 28.2. The summed E-state index contributed by atoms with van der Waals surface area (Å²) in [5.41, 5.74) is 0.0301. The van der Waals surface area contributed by atoms with E-state index in [9.17, 15) is 10.1 Å². The molecule has 0 aromatic heterocycles. The van der Waals surface area contributed by atoms with Crippen LogP contribution in [0, 0.1) is 10.1 Å². The molecule has 0 aliphatic rings. The molecule has 0 spiro atoms. The Morgan fingerprint density at radius 3 is 2.55 bits per heavy atom. The van der Waals surface area contributed by atoms with Crippen LogP contribution in [-0.4, -0.2) is 15.4 Å². The monoisotopic (exact) mass is 169 g/mol. The summed E-state index contributed by atoms with van der Waals surface area (Å²) in [5, 5.41) is 10.3. The maximum Gasteiger partial charge on any atom is 0.309 e. The van der Waals surface area contributed by atoms with Crippen LogP contribution in [0.1, 0.15) is 0 Å². The molecule has 4 nitrogen and oxygen atoms in total. The first-order valence-corrected chi connectivity index (χ1v) is 3.84. The predicted molar refractivity (Wildman–Crippen MR) is 43.7 cm³/mol. The third kappa shape index (κ3) is 1.56. The molecule has 1 rings (SSSR count). The first-order chi connectivity index (χ1) is 5.25. The second-order valence-corrected chi connectivity index (χ2v) is 2.34. The van der Waals surface area contributed by atoms with Crippen molar-refractivity contribution in [2.45, 2.75) is 0 Å². The fourth-order valence-corrected chi connectivity index (χ4v) is 1.13. The summed E-state index contributed by atoms with van der Waals surface area (Å²) < 4.78 is 4.90. The fourth-order valence-electron chi connectivity index (χ4n) is 0.781. The first kappa shape index (κ1) is 7.74. The van der Waals surface area contributed by atoms with Gasteiger partial charge >= 0.3 is 5.69 Å². The summed E-state index contributed by atoms with van der Waals surface area (Å²) in [6.07, 6.45) is 0. The minimum atomic E-state index is -0.451. The van der Waals surface area contributed by atoms with Crippen molar-refractivity contribution < 1.29 is 9.35 Å². The molecule has 0 fully saturated rings. The van der Waals surface area contributed by atoms with Crippen LogP contribution in [0.2, 0.25) is 0 Å². The van der Waals surface area contributed by atoms with Crippen LogP contribution in [0.5, 0.6) is 5.75 Å². The molecular weight excluding hydrogens is 162 g/mol. The van der Waals surface area contributed by atoms with E-state index in [4.69, 9.17) is 4.43 Å². The number of para-hydroxylation sites is 2. The molecule has 58 valence electrons. The summed E-state index contributed by atoms with van der Waals surface area (Å²) >= 11 is 0. The van der Waals surface area contributed by atoms with Gasteiger partial charge in [-0.3, -0.25) is 10.1 Å². The van der Waals surface area contributed by atoms with Crippen molar-refractivity contribution >= 4 is 16.2 Å². The number of nitro groups is 1. The van der Waals surface area contributed by atoms with E-state index in [0.717, 1.165) is 0 Å². The SMILES string of the molecule is O=[N+]([O-])c1ccccc1O[SiH3]. The van der Waals surface area contributed by atoms with Gasteiger partial charge in [0, 0.05) is 6.07 Å². The molecule has 1 aromatic carbocycles. The molecule has 0 atom stereocenters. The summed E-state index contributed by atoms with van der Waals surface area (Å²) in [6, 6.07) is 6.33. The molecule has 1 aromatic rings. The van der Waals surface area contributed by atoms with Gasteiger partial charge < -0.3 is 4.43 Å². The summed E-state index contributed by atoms with van der Waals surface area (Å²) in [4.78, 5) is 9.87. The van der Waals surface area contributed by atoms with E-state index in [1.807, 2.05) is 0 Å². The zero-order valence-corrected chi connectivity index (χ0v) is 7.98. The van der Waals surface area contributed by atoms with E-state index < -0.39 is 4.92 Å². The highest BCUT2D eigenvalue weighted by Gasteiger charge is 2.10. The Labute approximate surface area is 66.5 Å². The summed E-state index contributed by atoms with van der Waals surface area (Å²) in [6.45, 7) is 0. The van der Waals surface area contributed by atoms with Crippen molar-refractivity contribution in [1.82, 2.24) is 0 Å². The molecule has 11 heavy (non-hydrogen) atoms. The largest absolute Gasteiger partial charge is 0.549 e. The molecule has 0 aliphatic heterocycles. The molecule has 0 saturated carbocycles. The molecule has 5 heteroatoms. The number of hydrogen-bond acceptors (Lipinski definition) is 3. The highest BCUT2D eigenvalue weighted by molar-refractivity contribution is 6.00. The standard InChI is InChI=1S/C6H7NO3Si/c8-7(9)5-3-1-2-4-6(5)10-11/h1-4H,11H3. The van der Waals surface area contributed by atoms with Crippen LogP contribution in [-0.2, 0) is 0 Å². The van der Waals surface area contributed by atoms with Gasteiger partial charge in [0.15, 0.2) is 5.75 Å². The average Bonchev–Trinajstić information content (AvgIpc) is 2.04. The third-order valence-corrected chi connectivity index (χ3v) is 1.72. The third-order valence-electron chi connectivity index (χ3n) is 1.28. The smallest absolute Gasteiger partial charge is 0.309 e. The van der Waals surface area contributed by atoms with Gasteiger partial charge in [0.05, 0.1) is 4.92 Å². The predicted octanol–water partition coefficient (Wildman–Crippen LogP) is 0.254. The van der Waals surface area contributed by atoms with Gasteiger partial charge in [0.25, 0.3) is 0 Å². The van der Waals surface area contributed by atoms with Crippen LogP contribution in [0.25, 0.3) is 0 Å². The number of hydrogen-bond donors (Lipinski definition) is 0. The fraction of sp³-hybridized carbons (Fsp3) is 0. The highest BCUT2D eigenvalue weighted by Crippen LogP contribution is 2.24. The molecule has 0 aliphatic carbocycles. The van der Waals surface area contributed by atoms with Crippen molar-refractivity contribution in [3.05, 3.63) is 34.4 Å². The second-order valence-electron chi connectivity index (χ2n) is 1.93. The number of rotatable bonds is 2. The molecular formula is C6H7NO3Si. The van der Waals surface area contributed by atoms with Gasteiger partial charge in [-0.2, -0.15) is 0 Å². The van der Waals surface area contributed by atoms with Crippen LogP contribution < -0.4 is 4.43 Å². The molecule has 0 heterocycles. The zero-order chi connectivity index (χ0) is 8.27. The average molecular weight is 169 g/mol. The molecule has 0 N–H and O–H groups in total. The zero-order valence-electron chi connectivity index (χ0n) is 5.98.